The smallest absolute Gasteiger partial charge is 0.321 e. The molecule has 0 spiro atoms. The fraction of sp³-hybridized carbons (Fsp3) is 0.278. The van der Waals surface area contributed by atoms with Crippen LogP contribution in [-0.2, 0) is 6.61 Å². The number of hydrogen-bond acceptors (Lipinski definition) is 3. The van der Waals surface area contributed by atoms with Crippen molar-refractivity contribution in [2.45, 2.75) is 13.5 Å². The van der Waals surface area contributed by atoms with Gasteiger partial charge in [0.2, 0.25) is 0 Å². The van der Waals surface area contributed by atoms with E-state index in [-0.39, 0.29) is 12.6 Å². The van der Waals surface area contributed by atoms with Crippen molar-refractivity contribution in [1.82, 2.24) is 4.90 Å². The molecule has 2 rings (SSSR count). The number of rotatable bonds is 7. The van der Waals surface area contributed by atoms with Crippen molar-refractivity contribution in [3.8, 4) is 5.75 Å². The van der Waals surface area contributed by atoms with Crippen LogP contribution in [0.3, 0.4) is 0 Å². The van der Waals surface area contributed by atoms with Crippen LogP contribution < -0.4 is 10.1 Å². The van der Waals surface area contributed by atoms with Crippen LogP contribution in [0.4, 0.5) is 10.5 Å². The molecule has 2 N–H and O–H groups in total. The number of anilines is 1. The molecule has 128 valence electrons. The van der Waals surface area contributed by atoms with Gasteiger partial charge in [-0.1, -0.05) is 29.8 Å². The van der Waals surface area contributed by atoms with Gasteiger partial charge < -0.3 is 20.1 Å². The lowest BCUT2D eigenvalue weighted by atomic mass is 10.2. The van der Waals surface area contributed by atoms with Gasteiger partial charge in [0.15, 0.2) is 0 Å². The molecular formula is C18H21ClN2O3. The van der Waals surface area contributed by atoms with Crippen molar-refractivity contribution < 1.29 is 14.6 Å². The lowest BCUT2D eigenvalue weighted by Gasteiger charge is -2.20. The van der Waals surface area contributed by atoms with E-state index >= 15 is 0 Å². The Hall–Kier alpha value is -2.24. The topological polar surface area (TPSA) is 61.8 Å². The molecular weight excluding hydrogens is 328 g/mol. The molecule has 6 heteroatoms. The van der Waals surface area contributed by atoms with Gasteiger partial charge in [0, 0.05) is 29.9 Å². The number of hydrogen-bond donors (Lipinski definition) is 2. The number of nitrogens with zero attached hydrogens (tertiary/aromatic N) is 1. The van der Waals surface area contributed by atoms with E-state index in [1.165, 1.54) is 4.90 Å². The number of ether oxygens (including phenoxy) is 1. The van der Waals surface area contributed by atoms with E-state index in [9.17, 15) is 4.79 Å². The normalized spacial score (nSPS) is 10.3. The summed E-state index contributed by atoms with van der Waals surface area (Å²) >= 11 is 5.86. The molecule has 0 bridgehead atoms. The number of benzene rings is 2. The molecule has 2 aromatic rings. The number of likely N-dealkylation sites (N-methyl/N-ethyl adjacent to an activating group) is 1. The second-order valence-electron chi connectivity index (χ2n) is 5.18. The van der Waals surface area contributed by atoms with Crippen molar-refractivity contribution in [1.29, 1.82) is 0 Å². The molecule has 0 aliphatic rings. The molecule has 2 amide bonds. The quantitative estimate of drug-likeness (QED) is 0.800. The van der Waals surface area contributed by atoms with Gasteiger partial charge in [-0.3, -0.25) is 0 Å². The number of aliphatic hydroxyl groups excluding tert-OH is 1. The Bertz CT molecular complexity index is 662. The van der Waals surface area contributed by atoms with Crippen LogP contribution in [0.15, 0.2) is 48.5 Å². The first-order valence-corrected chi connectivity index (χ1v) is 8.14. The second-order valence-corrected chi connectivity index (χ2v) is 5.61. The first kappa shape index (κ1) is 18.1. The third-order valence-corrected chi connectivity index (χ3v) is 3.69. The molecule has 0 atom stereocenters. The predicted molar refractivity (Wildman–Crippen MR) is 95.6 cm³/mol. The zero-order valence-electron chi connectivity index (χ0n) is 13.5. The molecule has 0 radical (unpaired) electrons. The summed E-state index contributed by atoms with van der Waals surface area (Å²) in [5, 5.41) is 12.5. The van der Waals surface area contributed by atoms with E-state index in [0.29, 0.717) is 36.2 Å². The number of carbonyl (C=O) groups excluding carboxylic acids is 1. The summed E-state index contributed by atoms with van der Waals surface area (Å²) in [6.45, 7) is 3.04. The van der Waals surface area contributed by atoms with Gasteiger partial charge in [0.1, 0.15) is 12.4 Å². The first-order chi connectivity index (χ1) is 11.6. The molecule has 0 fully saturated rings. The highest BCUT2D eigenvalue weighted by molar-refractivity contribution is 6.30. The van der Waals surface area contributed by atoms with Crippen molar-refractivity contribution in [2.24, 2.45) is 0 Å². The van der Waals surface area contributed by atoms with Gasteiger partial charge in [-0.25, -0.2) is 4.79 Å². The van der Waals surface area contributed by atoms with Crippen molar-refractivity contribution >= 4 is 23.3 Å². The monoisotopic (exact) mass is 348 g/mol. The van der Waals surface area contributed by atoms with E-state index in [1.807, 2.05) is 43.3 Å². The van der Waals surface area contributed by atoms with Gasteiger partial charge in [-0.2, -0.15) is 0 Å². The number of nitrogens with one attached hydrogen (secondary N) is 1. The van der Waals surface area contributed by atoms with E-state index in [0.717, 1.165) is 5.56 Å². The minimum Gasteiger partial charge on any atom is -0.489 e. The summed E-state index contributed by atoms with van der Waals surface area (Å²) in [6, 6.07) is 14.4. The number of amides is 2. The van der Waals surface area contributed by atoms with Gasteiger partial charge in [0.05, 0.1) is 6.61 Å². The largest absolute Gasteiger partial charge is 0.489 e. The molecule has 24 heavy (non-hydrogen) atoms. The third kappa shape index (κ3) is 5.44. The Labute approximate surface area is 146 Å². The highest BCUT2D eigenvalue weighted by atomic mass is 35.5. The Morgan fingerprint density at radius 1 is 1.25 bits per heavy atom. The second kappa shape index (κ2) is 9.15. The summed E-state index contributed by atoms with van der Waals surface area (Å²) in [5.41, 5.74) is 1.65. The van der Waals surface area contributed by atoms with Crippen LogP contribution >= 0.6 is 11.6 Å². The summed E-state index contributed by atoms with van der Waals surface area (Å²) in [4.78, 5) is 13.6. The number of aliphatic hydroxyl groups is 1. The van der Waals surface area contributed by atoms with Gasteiger partial charge >= 0.3 is 6.03 Å². The number of halogens is 1. The van der Waals surface area contributed by atoms with E-state index in [4.69, 9.17) is 21.4 Å². The zero-order chi connectivity index (χ0) is 17.4. The maximum absolute atomic E-state index is 12.1. The van der Waals surface area contributed by atoms with Crippen molar-refractivity contribution in [3.05, 3.63) is 59.1 Å². The van der Waals surface area contributed by atoms with E-state index in [1.54, 1.807) is 12.1 Å². The van der Waals surface area contributed by atoms with Gasteiger partial charge in [-0.15, -0.1) is 0 Å². The molecule has 0 aliphatic carbocycles. The maximum Gasteiger partial charge on any atom is 0.321 e. The minimum absolute atomic E-state index is 0.0640. The molecule has 0 unspecified atom stereocenters. The number of urea groups is 1. The average Bonchev–Trinajstić information content (AvgIpc) is 2.59. The summed E-state index contributed by atoms with van der Waals surface area (Å²) < 4.78 is 5.74. The minimum atomic E-state index is -0.249. The lowest BCUT2D eigenvalue weighted by molar-refractivity contribution is 0.192. The summed E-state index contributed by atoms with van der Waals surface area (Å²) in [7, 11) is 0. The average molecular weight is 349 g/mol. The summed E-state index contributed by atoms with van der Waals surface area (Å²) in [5.74, 6) is 0.660. The van der Waals surface area contributed by atoms with Gasteiger partial charge in [-0.05, 0) is 36.8 Å². The molecule has 0 saturated carbocycles. The standard InChI is InChI=1S/C18H21ClN2O3/c1-2-21(10-11-22)18(23)20-16-4-3-5-17(12-16)24-13-14-6-8-15(19)9-7-14/h3-9,12,22H,2,10-11,13H2,1H3,(H,20,23). The molecule has 5 nitrogen and oxygen atoms in total. The van der Waals surface area contributed by atoms with Crippen LogP contribution in [0.1, 0.15) is 12.5 Å². The SMILES string of the molecule is CCN(CCO)C(=O)Nc1cccc(OCc2ccc(Cl)cc2)c1. The van der Waals surface area contributed by atoms with Crippen LogP contribution in [0, 0.1) is 0 Å². The first-order valence-electron chi connectivity index (χ1n) is 7.76. The van der Waals surface area contributed by atoms with Gasteiger partial charge in [0.25, 0.3) is 0 Å². The molecule has 2 aromatic carbocycles. The van der Waals surface area contributed by atoms with Crippen LogP contribution in [0.2, 0.25) is 5.02 Å². The van der Waals surface area contributed by atoms with Crippen LogP contribution in [0.5, 0.6) is 5.75 Å². The van der Waals surface area contributed by atoms with Crippen molar-refractivity contribution in [3.63, 3.8) is 0 Å². The highest BCUT2D eigenvalue weighted by Crippen LogP contribution is 2.19. The van der Waals surface area contributed by atoms with Crippen LogP contribution in [-0.4, -0.2) is 35.7 Å². The van der Waals surface area contributed by atoms with E-state index in [2.05, 4.69) is 5.32 Å². The fourth-order valence-electron chi connectivity index (χ4n) is 2.14. The van der Waals surface area contributed by atoms with E-state index < -0.39 is 0 Å². The molecule has 0 aliphatic heterocycles. The number of carbonyl (C=O) groups is 1. The highest BCUT2D eigenvalue weighted by Gasteiger charge is 2.11. The molecule has 0 saturated heterocycles. The maximum atomic E-state index is 12.1. The molecule has 0 heterocycles. The van der Waals surface area contributed by atoms with Crippen LogP contribution in [0.25, 0.3) is 0 Å². The van der Waals surface area contributed by atoms with Crippen molar-refractivity contribution in [2.75, 3.05) is 25.0 Å². The Kier molecular flexibility index (Phi) is 6.90. The third-order valence-electron chi connectivity index (χ3n) is 3.44. The Balaban J connectivity index is 1.95. The Morgan fingerprint density at radius 2 is 2.00 bits per heavy atom. The zero-order valence-corrected chi connectivity index (χ0v) is 14.3. The predicted octanol–water partition coefficient (Wildman–Crippen LogP) is 3.77. The molecule has 0 aromatic heterocycles. The Morgan fingerprint density at radius 3 is 2.67 bits per heavy atom. The lowest BCUT2D eigenvalue weighted by Crippen LogP contribution is -2.36. The summed E-state index contributed by atoms with van der Waals surface area (Å²) in [6.07, 6.45) is 0. The fourth-order valence-corrected chi connectivity index (χ4v) is 2.26.